The second-order valence-electron chi connectivity index (χ2n) is 4.12. The smallest absolute Gasteiger partial charge is 0.346 e. The summed E-state index contributed by atoms with van der Waals surface area (Å²) >= 11 is 8.20. The molecule has 3 aromatic rings. The zero-order valence-electron chi connectivity index (χ0n) is 10.7. The lowest BCUT2D eigenvalue weighted by atomic mass is 10.1. The quantitative estimate of drug-likeness (QED) is 0.702. The Bertz CT molecular complexity index is 796. The van der Waals surface area contributed by atoms with Gasteiger partial charge in [0, 0.05) is 22.0 Å². The lowest BCUT2D eigenvalue weighted by Crippen LogP contribution is -1.95. The maximum absolute atomic E-state index is 11.5. The van der Waals surface area contributed by atoms with Gasteiger partial charge in [0.2, 0.25) is 0 Å². The van der Waals surface area contributed by atoms with Gasteiger partial charge >= 0.3 is 5.97 Å². The molecule has 0 spiro atoms. The normalized spacial score (nSPS) is 10.9. The molecule has 0 bridgehead atoms. The molecule has 3 aromatic heterocycles. The number of carbonyl (C=O) groups is 1. The number of ether oxygens (including phenoxy) is 1. The highest BCUT2D eigenvalue weighted by atomic mass is 35.5. The molecular formula is C14H10ClNO3S2. The van der Waals surface area contributed by atoms with Gasteiger partial charge in [-0.05, 0) is 24.3 Å². The molecule has 0 aliphatic rings. The van der Waals surface area contributed by atoms with Gasteiger partial charge in [0.05, 0.1) is 5.88 Å². The first-order chi connectivity index (χ1) is 10.2. The molecule has 21 heavy (non-hydrogen) atoms. The fraction of sp³-hybridized carbons (Fsp3) is 0.143. The van der Waals surface area contributed by atoms with Crippen LogP contribution < -0.4 is 4.74 Å². The van der Waals surface area contributed by atoms with Gasteiger partial charge in [-0.25, -0.2) is 9.78 Å². The first-order valence-electron chi connectivity index (χ1n) is 6.10. The standard InChI is InChI=1S/C14H10ClNO3S2/c15-5-7-19-10-4-3-9(20-10)11-8-2-1-6-16-13(8)21-12(11)14(17)18/h1-4,6H,5,7H2,(H,17,18). The molecule has 0 radical (unpaired) electrons. The largest absolute Gasteiger partial charge is 0.483 e. The van der Waals surface area contributed by atoms with E-state index < -0.39 is 5.97 Å². The summed E-state index contributed by atoms with van der Waals surface area (Å²) in [4.78, 5) is 17.6. The number of pyridine rings is 1. The summed E-state index contributed by atoms with van der Waals surface area (Å²) in [6, 6.07) is 7.40. The first-order valence-corrected chi connectivity index (χ1v) is 8.27. The number of thiophene rings is 2. The molecule has 0 amide bonds. The highest BCUT2D eigenvalue weighted by Crippen LogP contribution is 2.42. The minimum atomic E-state index is -0.940. The number of rotatable bonds is 5. The van der Waals surface area contributed by atoms with Crippen LogP contribution in [0.5, 0.6) is 5.06 Å². The monoisotopic (exact) mass is 339 g/mol. The topological polar surface area (TPSA) is 59.4 Å². The molecule has 0 atom stereocenters. The van der Waals surface area contributed by atoms with E-state index in [0.29, 0.717) is 22.9 Å². The highest BCUT2D eigenvalue weighted by Gasteiger charge is 2.21. The molecule has 1 N–H and O–H groups in total. The Hall–Kier alpha value is -1.63. The Morgan fingerprint density at radius 2 is 2.19 bits per heavy atom. The second-order valence-corrected chi connectivity index (χ2v) is 6.55. The van der Waals surface area contributed by atoms with Crippen LogP contribution in [0.15, 0.2) is 30.5 Å². The minimum Gasteiger partial charge on any atom is -0.483 e. The predicted octanol–water partition coefficient (Wildman–Crippen LogP) is 4.34. The van der Waals surface area contributed by atoms with E-state index in [-0.39, 0.29) is 0 Å². The third-order valence-corrected chi connectivity index (χ3v) is 5.08. The van der Waals surface area contributed by atoms with Crippen molar-refractivity contribution in [3.8, 4) is 15.5 Å². The Morgan fingerprint density at radius 1 is 1.33 bits per heavy atom. The van der Waals surface area contributed by atoms with Gasteiger partial charge < -0.3 is 9.84 Å². The number of aromatic carboxylic acids is 1. The third-order valence-electron chi connectivity index (χ3n) is 2.81. The van der Waals surface area contributed by atoms with Crippen molar-refractivity contribution >= 4 is 50.5 Å². The number of carboxylic acid groups (broad SMARTS) is 1. The number of nitrogens with zero attached hydrogens (tertiary/aromatic N) is 1. The van der Waals surface area contributed by atoms with Crippen LogP contribution in [0.3, 0.4) is 0 Å². The van der Waals surface area contributed by atoms with Crippen molar-refractivity contribution in [1.29, 1.82) is 0 Å². The van der Waals surface area contributed by atoms with Crippen LogP contribution >= 0.6 is 34.3 Å². The zero-order valence-corrected chi connectivity index (χ0v) is 13.1. The van der Waals surface area contributed by atoms with Crippen molar-refractivity contribution in [1.82, 2.24) is 4.98 Å². The summed E-state index contributed by atoms with van der Waals surface area (Å²) in [5.41, 5.74) is 0.710. The lowest BCUT2D eigenvalue weighted by molar-refractivity contribution is 0.0703. The van der Waals surface area contributed by atoms with Crippen molar-refractivity contribution in [2.45, 2.75) is 0 Å². The molecule has 0 aromatic carbocycles. The molecule has 0 saturated heterocycles. The van der Waals surface area contributed by atoms with Crippen LogP contribution in [-0.4, -0.2) is 28.5 Å². The van der Waals surface area contributed by atoms with E-state index in [1.54, 1.807) is 6.20 Å². The van der Waals surface area contributed by atoms with E-state index in [1.165, 1.54) is 22.7 Å². The molecule has 7 heteroatoms. The van der Waals surface area contributed by atoms with Crippen LogP contribution in [0, 0.1) is 0 Å². The van der Waals surface area contributed by atoms with Gasteiger partial charge in [0.25, 0.3) is 0 Å². The van der Waals surface area contributed by atoms with Crippen LogP contribution in [0.1, 0.15) is 9.67 Å². The Kier molecular flexibility index (Phi) is 4.10. The summed E-state index contributed by atoms with van der Waals surface area (Å²) in [5, 5.41) is 11.0. The third kappa shape index (κ3) is 2.74. The first kappa shape index (κ1) is 14.3. The molecule has 108 valence electrons. The maximum Gasteiger partial charge on any atom is 0.346 e. The molecule has 3 rings (SSSR count). The number of aromatic nitrogens is 1. The maximum atomic E-state index is 11.5. The summed E-state index contributed by atoms with van der Waals surface area (Å²) in [5.74, 6) is -0.525. The second kappa shape index (κ2) is 6.01. The Labute approximate surface area is 133 Å². The van der Waals surface area contributed by atoms with Gasteiger partial charge in [0.15, 0.2) is 5.06 Å². The molecule has 0 saturated carbocycles. The zero-order chi connectivity index (χ0) is 14.8. The minimum absolute atomic E-state index is 0.300. The molecule has 0 aliphatic heterocycles. The van der Waals surface area contributed by atoms with Crippen molar-refractivity contribution in [3.63, 3.8) is 0 Å². The number of hydrogen-bond donors (Lipinski definition) is 1. The summed E-state index contributed by atoms with van der Waals surface area (Å²) in [6.07, 6.45) is 1.66. The number of alkyl halides is 1. The molecule has 0 fully saturated rings. The molecule has 0 aliphatic carbocycles. The fourth-order valence-electron chi connectivity index (χ4n) is 2.00. The number of carboxylic acids is 1. The Balaban J connectivity index is 2.12. The number of halogens is 1. The number of hydrogen-bond acceptors (Lipinski definition) is 5. The van der Waals surface area contributed by atoms with Crippen molar-refractivity contribution in [2.24, 2.45) is 0 Å². The lowest BCUT2D eigenvalue weighted by Gasteiger charge is -1.99. The predicted molar refractivity (Wildman–Crippen MR) is 86.1 cm³/mol. The molecular weight excluding hydrogens is 330 g/mol. The van der Waals surface area contributed by atoms with Crippen LogP contribution in [0.4, 0.5) is 0 Å². The van der Waals surface area contributed by atoms with Gasteiger partial charge in [-0.3, -0.25) is 0 Å². The average molecular weight is 340 g/mol. The van der Waals surface area contributed by atoms with Gasteiger partial charge in [-0.2, -0.15) is 0 Å². The van der Waals surface area contributed by atoms with Crippen LogP contribution in [0.2, 0.25) is 0 Å². The van der Waals surface area contributed by atoms with Crippen LogP contribution in [0.25, 0.3) is 20.7 Å². The molecule has 4 nitrogen and oxygen atoms in total. The highest BCUT2D eigenvalue weighted by molar-refractivity contribution is 7.22. The van der Waals surface area contributed by atoms with Gasteiger partial charge in [-0.15, -0.1) is 22.9 Å². The SMILES string of the molecule is O=C(O)c1sc2ncccc2c1-c1ccc(OCCCl)s1. The van der Waals surface area contributed by atoms with Crippen LogP contribution in [-0.2, 0) is 0 Å². The van der Waals surface area contributed by atoms with Gasteiger partial charge in [0.1, 0.15) is 16.3 Å². The average Bonchev–Trinajstić information content (AvgIpc) is 3.08. The van der Waals surface area contributed by atoms with E-state index in [0.717, 1.165) is 20.2 Å². The molecule has 0 unspecified atom stereocenters. The van der Waals surface area contributed by atoms with E-state index in [9.17, 15) is 9.90 Å². The van der Waals surface area contributed by atoms with Crippen molar-refractivity contribution < 1.29 is 14.6 Å². The summed E-state index contributed by atoms with van der Waals surface area (Å²) in [6.45, 7) is 0.430. The number of fused-ring (bicyclic) bond motifs is 1. The Morgan fingerprint density at radius 3 is 2.95 bits per heavy atom. The van der Waals surface area contributed by atoms with E-state index >= 15 is 0 Å². The van der Waals surface area contributed by atoms with Crippen molar-refractivity contribution in [3.05, 3.63) is 35.3 Å². The van der Waals surface area contributed by atoms with E-state index in [1.807, 2.05) is 24.3 Å². The fourth-order valence-corrected chi connectivity index (χ4v) is 4.08. The van der Waals surface area contributed by atoms with E-state index in [4.69, 9.17) is 16.3 Å². The van der Waals surface area contributed by atoms with Crippen molar-refractivity contribution in [2.75, 3.05) is 12.5 Å². The molecule has 3 heterocycles. The summed E-state index contributed by atoms with van der Waals surface area (Å²) in [7, 11) is 0. The summed E-state index contributed by atoms with van der Waals surface area (Å²) < 4.78 is 5.47. The van der Waals surface area contributed by atoms with E-state index in [2.05, 4.69) is 4.98 Å². The van der Waals surface area contributed by atoms with Gasteiger partial charge in [-0.1, -0.05) is 11.3 Å².